The van der Waals surface area contributed by atoms with Crippen LogP contribution < -0.4 is 11.1 Å². The number of hydrogen-bond acceptors (Lipinski definition) is 3. The molecule has 1 aliphatic heterocycles. The maximum absolute atomic E-state index is 6.10. The summed E-state index contributed by atoms with van der Waals surface area (Å²) in [7, 11) is 0. The van der Waals surface area contributed by atoms with Crippen LogP contribution in [0.25, 0.3) is 0 Å². The van der Waals surface area contributed by atoms with Crippen molar-refractivity contribution < 1.29 is 0 Å². The van der Waals surface area contributed by atoms with E-state index in [9.17, 15) is 0 Å². The van der Waals surface area contributed by atoms with Gasteiger partial charge in [0, 0.05) is 17.0 Å². The highest BCUT2D eigenvalue weighted by Crippen LogP contribution is 2.28. The summed E-state index contributed by atoms with van der Waals surface area (Å²) in [6.45, 7) is 1.14. The second-order valence-corrected chi connectivity index (χ2v) is 5.52. The third-order valence-electron chi connectivity index (χ3n) is 2.66. The zero-order chi connectivity index (χ0) is 9.97. The average Bonchev–Trinajstić information content (AvgIpc) is 2.75. The molecule has 2 unspecified atom stereocenters. The summed E-state index contributed by atoms with van der Waals surface area (Å²) in [5.41, 5.74) is 6.10. The van der Waals surface area contributed by atoms with Crippen LogP contribution in [0.15, 0.2) is 12.1 Å². The topological polar surface area (TPSA) is 38.0 Å². The Morgan fingerprint density at radius 2 is 2.50 bits per heavy atom. The molecule has 1 fully saturated rings. The normalized spacial score (nSPS) is 24.0. The Morgan fingerprint density at radius 3 is 3.07 bits per heavy atom. The first-order valence-electron chi connectivity index (χ1n) is 5.00. The molecule has 1 aliphatic rings. The maximum atomic E-state index is 6.10. The van der Waals surface area contributed by atoms with Crippen LogP contribution in [0, 0.1) is 0 Å². The van der Waals surface area contributed by atoms with Crippen LogP contribution in [0.5, 0.6) is 0 Å². The van der Waals surface area contributed by atoms with E-state index in [2.05, 4.69) is 5.32 Å². The smallest absolute Gasteiger partial charge is 0.0931 e. The molecule has 14 heavy (non-hydrogen) atoms. The van der Waals surface area contributed by atoms with Crippen LogP contribution in [0.4, 0.5) is 0 Å². The van der Waals surface area contributed by atoms with Crippen molar-refractivity contribution in [3.63, 3.8) is 0 Å². The molecule has 2 rings (SSSR count). The fourth-order valence-electron chi connectivity index (χ4n) is 1.91. The van der Waals surface area contributed by atoms with Crippen molar-refractivity contribution in [3.05, 3.63) is 21.3 Å². The van der Waals surface area contributed by atoms with Crippen LogP contribution in [-0.4, -0.2) is 12.6 Å². The maximum Gasteiger partial charge on any atom is 0.0931 e. The lowest BCUT2D eigenvalue weighted by Gasteiger charge is -2.15. The number of hydrogen-bond donors (Lipinski definition) is 2. The van der Waals surface area contributed by atoms with Gasteiger partial charge in [0.1, 0.15) is 0 Å². The average molecular weight is 231 g/mol. The van der Waals surface area contributed by atoms with Gasteiger partial charge in [0.2, 0.25) is 0 Å². The number of nitrogens with one attached hydrogen (secondary N) is 1. The standard InChI is InChI=1S/C10H15ClN2S/c11-10-4-3-9(14-10)8(12)6-7-2-1-5-13-7/h3-4,7-8,13H,1-2,5-6,12H2. The van der Waals surface area contributed by atoms with Crippen LogP contribution >= 0.6 is 22.9 Å². The molecule has 2 heterocycles. The van der Waals surface area contributed by atoms with E-state index in [1.54, 1.807) is 11.3 Å². The minimum Gasteiger partial charge on any atom is -0.323 e. The Kier molecular flexibility index (Phi) is 3.44. The van der Waals surface area contributed by atoms with Crippen LogP contribution in [0.3, 0.4) is 0 Å². The molecule has 2 nitrogen and oxygen atoms in total. The lowest BCUT2D eigenvalue weighted by Crippen LogP contribution is -2.26. The third-order valence-corrected chi connectivity index (χ3v) is 4.02. The molecule has 2 atom stereocenters. The number of thiophene rings is 1. The quantitative estimate of drug-likeness (QED) is 0.838. The number of rotatable bonds is 3. The molecule has 0 saturated carbocycles. The highest BCUT2D eigenvalue weighted by Gasteiger charge is 2.18. The van der Waals surface area contributed by atoms with Crippen molar-refractivity contribution in [2.24, 2.45) is 5.73 Å². The number of halogens is 1. The lowest BCUT2D eigenvalue weighted by molar-refractivity contribution is 0.503. The van der Waals surface area contributed by atoms with Gasteiger partial charge in [0.25, 0.3) is 0 Å². The van der Waals surface area contributed by atoms with Crippen LogP contribution in [0.2, 0.25) is 4.34 Å². The molecule has 1 saturated heterocycles. The molecule has 0 amide bonds. The van der Waals surface area contributed by atoms with Gasteiger partial charge >= 0.3 is 0 Å². The zero-order valence-corrected chi connectivity index (χ0v) is 9.57. The Labute approximate surface area is 93.4 Å². The fourth-order valence-corrected chi connectivity index (χ4v) is 2.98. The molecule has 0 bridgehead atoms. The molecule has 1 aromatic heterocycles. The first kappa shape index (κ1) is 10.4. The zero-order valence-electron chi connectivity index (χ0n) is 8.00. The van der Waals surface area contributed by atoms with Crippen molar-refractivity contribution in [1.82, 2.24) is 5.32 Å². The summed E-state index contributed by atoms with van der Waals surface area (Å²) >= 11 is 7.46. The monoisotopic (exact) mass is 230 g/mol. The molecular weight excluding hydrogens is 216 g/mol. The van der Waals surface area contributed by atoms with E-state index >= 15 is 0 Å². The Morgan fingerprint density at radius 1 is 1.64 bits per heavy atom. The van der Waals surface area contributed by atoms with Crippen LogP contribution in [0.1, 0.15) is 30.2 Å². The predicted molar refractivity (Wildman–Crippen MR) is 61.9 cm³/mol. The number of nitrogens with two attached hydrogens (primary N) is 1. The van der Waals surface area contributed by atoms with Gasteiger partial charge in [-0.15, -0.1) is 11.3 Å². The van der Waals surface area contributed by atoms with E-state index in [0.29, 0.717) is 6.04 Å². The Hall–Kier alpha value is -0.0900. The van der Waals surface area contributed by atoms with Gasteiger partial charge in [-0.2, -0.15) is 0 Å². The first-order valence-corrected chi connectivity index (χ1v) is 6.19. The van der Waals surface area contributed by atoms with Crippen molar-refractivity contribution in [1.29, 1.82) is 0 Å². The molecule has 1 aromatic rings. The fraction of sp³-hybridized carbons (Fsp3) is 0.600. The Bertz CT molecular complexity index is 294. The van der Waals surface area contributed by atoms with Crippen molar-refractivity contribution >= 4 is 22.9 Å². The molecule has 4 heteroatoms. The predicted octanol–water partition coefficient (Wildman–Crippen LogP) is 2.54. The van der Waals surface area contributed by atoms with Crippen molar-refractivity contribution in [2.45, 2.75) is 31.3 Å². The summed E-state index contributed by atoms with van der Waals surface area (Å²) < 4.78 is 0.829. The summed E-state index contributed by atoms with van der Waals surface area (Å²) in [6, 6.07) is 4.70. The molecule has 78 valence electrons. The van der Waals surface area contributed by atoms with E-state index < -0.39 is 0 Å². The molecule has 0 spiro atoms. The van der Waals surface area contributed by atoms with Crippen molar-refractivity contribution in [2.75, 3.05) is 6.54 Å². The minimum absolute atomic E-state index is 0.142. The highest BCUT2D eigenvalue weighted by atomic mass is 35.5. The molecule has 0 radical (unpaired) electrons. The first-order chi connectivity index (χ1) is 6.75. The van der Waals surface area contributed by atoms with Gasteiger partial charge in [0.15, 0.2) is 0 Å². The third kappa shape index (κ3) is 2.48. The molecular formula is C10H15ClN2S. The summed E-state index contributed by atoms with van der Waals surface area (Å²) in [5.74, 6) is 0. The molecule has 0 aliphatic carbocycles. The SMILES string of the molecule is NC(CC1CCCN1)c1ccc(Cl)s1. The summed E-state index contributed by atoms with van der Waals surface area (Å²) in [4.78, 5) is 1.20. The molecule has 3 N–H and O–H groups in total. The van der Waals surface area contributed by atoms with Gasteiger partial charge < -0.3 is 11.1 Å². The van der Waals surface area contributed by atoms with E-state index in [1.807, 2.05) is 12.1 Å². The van der Waals surface area contributed by atoms with Crippen molar-refractivity contribution in [3.8, 4) is 0 Å². The second kappa shape index (κ2) is 4.62. The van der Waals surface area contributed by atoms with Gasteiger partial charge in [-0.3, -0.25) is 0 Å². The van der Waals surface area contributed by atoms with E-state index in [4.69, 9.17) is 17.3 Å². The van der Waals surface area contributed by atoms with Gasteiger partial charge in [-0.1, -0.05) is 11.6 Å². The summed E-state index contributed by atoms with van der Waals surface area (Å²) in [6.07, 6.45) is 3.56. The van der Waals surface area contributed by atoms with E-state index in [-0.39, 0.29) is 6.04 Å². The lowest BCUT2D eigenvalue weighted by atomic mass is 10.1. The largest absolute Gasteiger partial charge is 0.323 e. The van der Waals surface area contributed by atoms with Gasteiger partial charge in [0.05, 0.1) is 4.34 Å². The highest BCUT2D eigenvalue weighted by molar-refractivity contribution is 7.16. The van der Waals surface area contributed by atoms with E-state index in [0.717, 1.165) is 17.3 Å². The Balaban J connectivity index is 1.91. The van der Waals surface area contributed by atoms with Crippen LogP contribution in [-0.2, 0) is 0 Å². The van der Waals surface area contributed by atoms with E-state index in [1.165, 1.54) is 17.7 Å². The second-order valence-electron chi connectivity index (χ2n) is 3.78. The summed E-state index contributed by atoms with van der Waals surface area (Å²) in [5, 5.41) is 3.46. The minimum atomic E-state index is 0.142. The van der Waals surface area contributed by atoms with Gasteiger partial charge in [-0.25, -0.2) is 0 Å². The molecule has 0 aromatic carbocycles. The van der Waals surface area contributed by atoms with Gasteiger partial charge in [-0.05, 0) is 37.9 Å².